The highest BCUT2D eigenvalue weighted by Crippen LogP contribution is 2.18. The molecular formula is C13H26ClN3O. The molecule has 0 aromatic carbocycles. The summed E-state index contributed by atoms with van der Waals surface area (Å²) >= 11 is 0. The number of amides is 1. The maximum absolute atomic E-state index is 11.7. The first kappa shape index (κ1) is 15.7. The Balaban J connectivity index is 0.00000162. The van der Waals surface area contributed by atoms with E-state index in [4.69, 9.17) is 0 Å². The van der Waals surface area contributed by atoms with Crippen LogP contribution in [-0.2, 0) is 4.79 Å². The van der Waals surface area contributed by atoms with Crippen LogP contribution in [0.4, 0.5) is 0 Å². The maximum atomic E-state index is 11.7. The summed E-state index contributed by atoms with van der Waals surface area (Å²) in [6, 6.07) is 0.564. The lowest BCUT2D eigenvalue weighted by molar-refractivity contribution is -0.126. The zero-order chi connectivity index (χ0) is 12.3. The zero-order valence-electron chi connectivity index (χ0n) is 11.4. The third kappa shape index (κ3) is 4.11. The van der Waals surface area contributed by atoms with E-state index in [1.165, 1.54) is 19.4 Å². The van der Waals surface area contributed by atoms with Crippen LogP contribution < -0.4 is 10.6 Å². The number of rotatable bonds is 5. The topological polar surface area (TPSA) is 44.4 Å². The zero-order valence-corrected chi connectivity index (χ0v) is 12.3. The van der Waals surface area contributed by atoms with E-state index in [9.17, 15) is 4.79 Å². The van der Waals surface area contributed by atoms with Gasteiger partial charge in [-0.1, -0.05) is 13.8 Å². The average molecular weight is 276 g/mol. The highest BCUT2D eigenvalue weighted by Gasteiger charge is 2.28. The van der Waals surface area contributed by atoms with Gasteiger partial charge in [0.05, 0.1) is 5.92 Å². The molecule has 0 aromatic heterocycles. The molecule has 4 nitrogen and oxygen atoms in total. The minimum absolute atomic E-state index is 0. The SMILES string of the molecule is CC(C)CN1CCC[C@@H]1CNC(=O)C1CNC1.Cl. The molecule has 2 rings (SSSR count). The number of halogens is 1. The lowest BCUT2D eigenvalue weighted by atomic mass is 10.0. The summed E-state index contributed by atoms with van der Waals surface area (Å²) in [6.45, 7) is 9.41. The van der Waals surface area contributed by atoms with Crippen molar-refractivity contribution in [2.24, 2.45) is 11.8 Å². The Morgan fingerprint density at radius 1 is 1.44 bits per heavy atom. The Kier molecular flexibility index (Phi) is 6.39. The molecule has 0 aromatic rings. The van der Waals surface area contributed by atoms with Crippen LogP contribution in [0.25, 0.3) is 0 Å². The van der Waals surface area contributed by atoms with Crippen molar-refractivity contribution in [1.82, 2.24) is 15.5 Å². The molecule has 1 amide bonds. The Morgan fingerprint density at radius 2 is 2.17 bits per heavy atom. The maximum Gasteiger partial charge on any atom is 0.225 e. The molecule has 106 valence electrons. The van der Waals surface area contributed by atoms with Crippen molar-refractivity contribution >= 4 is 18.3 Å². The molecular weight excluding hydrogens is 250 g/mol. The van der Waals surface area contributed by atoms with E-state index in [0.29, 0.717) is 12.0 Å². The Labute approximate surface area is 116 Å². The van der Waals surface area contributed by atoms with Gasteiger partial charge in [0.25, 0.3) is 0 Å². The van der Waals surface area contributed by atoms with E-state index in [-0.39, 0.29) is 24.2 Å². The molecule has 2 aliphatic heterocycles. The van der Waals surface area contributed by atoms with Gasteiger partial charge in [0.2, 0.25) is 5.91 Å². The van der Waals surface area contributed by atoms with E-state index in [1.54, 1.807) is 0 Å². The second-order valence-electron chi connectivity index (χ2n) is 5.79. The van der Waals surface area contributed by atoms with Crippen molar-refractivity contribution in [3.05, 3.63) is 0 Å². The van der Waals surface area contributed by atoms with Gasteiger partial charge < -0.3 is 10.6 Å². The van der Waals surface area contributed by atoms with Crippen LogP contribution >= 0.6 is 12.4 Å². The molecule has 0 unspecified atom stereocenters. The van der Waals surface area contributed by atoms with E-state index in [0.717, 1.165) is 26.2 Å². The summed E-state index contributed by atoms with van der Waals surface area (Å²) in [4.78, 5) is 14.3. The molecule has 0 radical (unpaired) electrons. The van der Waals surface area contributed by atoms with Crippen molar-refractivity contribution in [1.29, 1.82) is 0 Å². The number of nitrogens with zero attached hydrogens (tertiary/aromatic N) is 1. The highest BCUT2D eigenvalue weighted by atomic mass is 35.5. The molecule has 18 heavy (non-hydrogen) atoms. The van der Waals surface area contributed by atoms with Gasteiger partial charge in [-0.25, -0.2) is 0 Å². The summed E-state index contributed by atoms with van der Waals surface area (Å²) < 4.78 is 0. The largest absolute Gasteiger partial charge is 0.354 e. The predicted molar refractivity (Wildman–Crippen MR) is 76.1 cm³/mol. The van der Waals surface area contributed by atoms with Crippen molar-refractivity contribution in [2.45, 2.75) is 32.7 Å². The van der Waals surface area contributed by atoms with Gasteiger partial charge in [-0.15, -0.1) is 12.4 Å². The summed E-state index contributed by atoms with van der Waals surface area (Å²) in [5.41, 5.74) is 0. The molecule has 0 spiro atoms. The number of nitrogens with one attached hydrogen (secondary N) is 2. The number of likely N-dealkylation sites (tertiary alicyclic amines) is 1. The molecule has 1 atom stereocenters. The smallest absolute Gasteiger partial charge is 0.225 e. The van der Waals surface area contributed by atoms with Crippen LogP contribution in [0.1, 0.15) is 26.7 Å². The minimum atomic E-state index is 0. The third-order valence-electron chi connectivity index (χ3n) is 3.76. The van der Waals surface area contributed by atoms with E-state index in [2.05, 4.69) is 29.4 Å². The first-order valence-electron chi connectivity index (χ1n) is 6.89. The second kappa shape index (κ2) is 7.31. The molecule has 2 fully saturated rings. The molecule has 0 bridgehead atoms. The van der Waals surface area contributed by atoms with Crippen molar-refractivity contribution in [2.75, 3.05) is 32.7 Å². The third-order valence-corrected chi connectivity index (χ3v) is 3.76. The van der Waals surface area contributed by atoms with Crippen LogP contribution in [0.5, 0.6) is 0 Å². The van der Waals surface area contributed by atoms with E-state index < -0.39 is 0 Å². The standard InChI is InChI=1S/C13H25N3O.ClH/c1-10(2)9-16-5-3-4-12(16)8-15-13(17)11-6-14-7-11;/h10-12,14H,3-9H2,1-2H3,(H,15,17);1H/t12-;/m1./s1. The molecule has 0 aliphatic carbocycles. The first-order chi connectivity index (χ1) is 8.16. The van der Waals surface area contributed by atoms with Crippen LogP contribution in [0.15, 0.2) is 0 Å². The van der Waals surface area contributed by atoms with Crippen LogP contribution in [0.2, 0.25) is 0 Å². The monoisotopic (exact) mass is 275 g/mol. The van der Waals surface area contributed by atoms with Gasteiger partial charge >= 0.3 is 0 Å². The average Bonchev–Trinajstić information content (AvgIpc) is 2.58. The molecule has 2 aliphatic rings. The van der Waals surface area contributed by atoms with Gasteiger partial charge in [-0.3, -0.25) is 9.69 Å². The summed E-state index contributed by atoms with van der Waals surface area (Å²) in [5.74, 6) is 1.16. The normalized spacial score (nSPS) is 24.7. The van der Waals surface area contributed by atoms with Crippen LogP contribution in [0, 0.1) is 11.8 Å². The molecule has 5 heteroatoms. The van der Waals surface area contributed by atoms with Crippen molar-refractivity contribution in [3.8, 4) is 0 Å². The number of carbonyl (C=O) groups is 1. The Morgan fingerprint density at radius 3 is 2.72 bits per heavy atom. The fourth-order valence-electron chi connectivity index (χ4n) is 2.67. The fraction of sp³-hybridized carbons (Fsp3) is 0.923. The first-order valence-corrected chi connectivity index (χ1v) is 6.89. The fourth-order valence-corrected chi connectivity index (χ4v) is 2.67. The predicted octanol–water partition coefficient (Wildman–Crippen LogP) is 0.864. The quantitative estimate of drug-likeness (QED) is 0.782. The summed E-state index contributed by atoms with van der Waals surface area (Å²) in [5, 5.41) is 6.24. The van der Waals surface area contributed by atoms with E-state index >= 15 is 0 Å². The van der Waals surface area contributed by atoms with Gasteiger partial charge in [0.15, 0.2) is 0 Å². The molecule has 0 saturated carbocycles. The van der Waals surface area contributed by atoms with Gasteiger partial charge in [-0.05, 0) is 25.3 Å². The Hall–Kier alpha value is -0.320. The lowest BCUT2D eigenvalue weighted by Crippen LogP contribution is -2.52. The minimum Gasteiger partial charge on any atom is -0.354 e. The van der Waals surface area contributed by atoms with Crippen LogP contribution in [-0.4, -0.2) is 49.6 Å². The summed E-state index contributed by atoms with van der Waals surface area (Å²) in [6.07, 6.45) is 2.51. The highest BCUT2D eigenvalue weighted by molar-refractivity contribution is 5.85. The van der Waals surface area contributed by atoms with Crippen molar-refractivity contribution in [3.63, 3.8) is 0 Å². The van der Waals surface area contributed by atoms with Crippen LogP contribution in [0.3, 0.4) is 0 Å². The summed E-state index contributed by atoms with van der Waals surface area (Å²) in [7, 11) is 0. The van der Waals surface area contributed by atoms with E-state index in [1.807, 2.05) is 0 Å². The number of hydrogen-bond donors (Lipinski definition) is 2. The molecule has 2 saturated heterocycles. The van der Waals surface area contributed by atoms with Gasteiger partial charge in [-0.2, -0.15) is 0 Å². The number of carbonyl (C=O) groups excluding carboxylic acids is 1. The Bertz CT molecular complexity index is 269. The van der Waals surface area contributed by atoms with Gasteiger partial charge in [0.1, 0.15) is 0 Å². The van der Waals surface area contributed by atoms with Crippen molar-refractivity contribution < 1.29 is 4.79 Å². The lowest BCUT2D eigenvalue weighted by Gasteiger charge is -2.29. The second-order valence-corrected chi connectivity index (χ2v) is 5.79. The molecule has 2 heterocycles. The molecule has 2 N–H and O–H groups in total. The number of hydrogen-bond acceptors (Lipinski definition) is 3. The van der Waals surface area contributed by atoms with Gasteiger partial charge in [0, 0.05) is 32.2 Å².